The number of carbonyl (C=O) groups is 2. The van der Waals surface area contributed by atoms with E-state index in [2.05, 4.69) is 18.4 Å². The lowest BCUT2D eigenvalue weighted by atomic mass is 10.3. The van der Waals surface area contributed by atoms with E-state index in [0.29, 0.717) is 6.42 Å². The summed E-state index contributed by atoms with van der Waals surface area (Å²) in [5.41, 5.74) is 4.58. The molecule has 0 rings (SSSR count). The molecule has 0 aliphatic carbocycles. The predicted molar refractivity (Wildman–Crippen MR) is 50.2 cm³/mol. The van der Waals surface area contributed by atoms with Crippen LogP contribution in [-0.4, -0.2) is 22.7 Å². The van der Waals surface area contributed by atoms with Crippen molar-refractivity contribution in [3.8, 4) is 0 Å². The number of primary amides is 1. The van der Waals surface area contributed by atoms with Gasteiger partial charge in [0.25, 0.3) is 0 Å². The van der Waals surface area contributed by atoms with Gasteiger partial charge in [-0.1, -0.05) is 13.3 Å². The number of rotatable bonds is 4. The number of hydrogen-bond donors (Lipinski definition) is 3. The summed E-state index contributed by atoms with van der Waals surface area (Å²) in [6.45, 7) is 1.98. The monoisotopic (exact) mass is 193 g/mol. The normalized spacial score (nSPS) is 8.17. The molecule has 1 amide bonds. The van der Waals surface area contributed by atoms with Gasteiger partial charge in [-0.2, -0.15) is 12.6 Å². The standard InChI is InChI=1S/C5H10O2.C2H5NOS/c1-2-3-4-5(6)7;3-2(4)1-5/h2-4H2,1H3,(H,6,7);5H,1H2,(H2,3,4). The van der Waals surface area contributed by atoms with Crippen LogP contribution >= 0.6 is 12.6 Å². The molecular formula is C7H15NO3S. The van der Waals surface area contributed by atoms with Crippen molar-refractivity contribution in [2.24, 2.45) is 5.73 Å². The lowest BCUT2D eigenvalue weighted by Crippen LogP contribution is -2.10. The van der Waals surface area contributed by atoms with E-state index in [-0.39, 0.29) is 11.7 Å². The lowest BCUT2D eigenvalue weighted by Gasteiger charge is -1.85. The number of unbranched alkanes of at least 4 members (excludes halogenated alkanes) is 1. The van der Waals surface area contributed by atoms with Crippen LogP contribution in [0.1, 0.15) is 26.2 Å². The zero-order chi connectivity index (χ0) is 9.98. The molecule has 0 atom stereocenters. The molecule has 0 aromatic rings. The van der Waals surface area contributed by atoms with E-state index < -0.39 is 5.97 Å². The van der Waals surface area contributed by atoms with Crippen molar-refractivity contribution in [1.29, 1.82) is 0 Å². The fraction of sp³-hybridized carbons (Fsp3) is 0.714. The largest absolute Gasteiger partial charge is 0.481 e. The Hall–Kier alpha value is -0.710. The lowest BCUT2D eigenvalue weighted by molar-refractivity contribution is -0.137. The first-order valence-electron chi connectivity index (χ1n) is 3.65. The fourth-order valence-corrected chi connectivity index (χ4v) is 0.328. The highest BCUT2D eigenvalue weighted by molar-refractivity contribution is 7.81. The smallest absolute Gasteiger partial charge is 0.303 e. The Morgan fingerprint density at radius 1 is 1.50 bits per heavy atom. The third kappa shape index (κ3) is 22.8. The Labute approximate surface area is 77.5 Å². The maximum absolute atomic E-state index is 9.76. The average Bonchev–Trinajstić information content (AvgIpc) is 2.02. The SMILES string of the molecule is CCCCC(=O)O.NC(=O)CS. The van der Waals surface area contributed by atoms with E-state index in [0.717, 1.165) is 12.8 Å². The van der Waals surface area contributed by atoms with Gasteiger partial charge < -0.3 is 10.8 Å². The Morgan fingerprint density at radius 2 is 1.92 bits per heavy atom. The van der Waals surface area contributed by atoms with Crippen LogP contribution in [0.25, 0.3) is 0 Å². The van der Waals surface area contributed by atoms with Crippen molar-refractivity contribution >= 4 is 24.5 Å². The predicted octanol–water partition coefficient (Wildman–Crippen LogP) is 0.663. The molecule has 72 valence electrons. The summed E-state index contributed by atoms with van der Waals surface area (Å²) < 4.78 is 0. The van der Waals surface area contributed by atoms with Crippen molar-refractivity contribution in [2.45, 2.75) is 26.2 Å². The zero-order valence-corrected chi connectivity index (χ0v) is 8.01. The highest BCUT2D eigenvalue weighted by Crippen LogP contribution is 1.91. The van der Waals surface area contributed by atoms with E-state index in [1.807, 2.05) is 6.92 Å². The van der Waals surface area contributed by atoms with Crippen molar-refractivity contribution in [3.05, 3.63) is 0 Å². The molecule has 0 aliphatic rings. The Bertz CT molecular complexity index is 139. The first kappa shape index (κ1) is 13.9. The van der Waals surface area contributed by atoms with Gasteiger partial charge in [-0.15, -0.1) is 0 Å². The second-order valence-electron chi connectivity index (χ2n) is 2.12. The molecule has 0 heterocycles. The molecule has 0 unspecified atom stereocenters. The summed E-state index contributed by atoms with van der Waals surface area (Å²) in [6, 6.07) is 0. The van der Waals surface area contributed by atoms with E-state index in [1.165, 1.54) is 0 Å². The molecule has 0 fully saturated rings. The van der Waals surface area contributed by atoms with Gasteiger partial charge >= 0.3 is 5.97 Å². The third-order valence-electron chi connectivity index (χ3n) is 0.900. The Morgan fingerprint density at radius 3 is 2.00 bits per heavy atom. The van der Waals surface area contributed by atoms with Gasteiger partial charge in [0.05, 0.1) is 5.75 Å². The number of aliphatic carboxylic acids is 1. The van der Waals surface area contributed by atoms with Crippen molar-refractivity contribution in [3.63, 3.8) is 0 Å². The van der Waals surface area contributed by atoms with Crippen LogP contribution < -0.4 is 5.73 Å². The number of amides is 1. The van der Waals surface area contributed by atoms with Crippen LogP contribution in [0.5, 0.6) is 0 Å². The number of carboxylic acid groups (broad SMARTS) is 1. The summed E-state index contributed by atoms with van der Waals surface area (Å²) in [5, 5.41) is 8.04. The van der Waals surface area contributed by atoms with Gasteiger partial charge in [-0.05, 0) is 6.42 Å². The van der Waals surface area contributed by atoms with Crippen molar-refractivity contribution < 1.29 is 14.7 Å². The molecule has 4 nitrogen and oxygen atoms in total. The number of thiol groups is 1. The summed E-state index contributed by atoms with van der Waals surface area (Å²) in [6.07, 6.45) is 2.08. The number of carboxylic acids is 1. The maximum Gasteiger partial charge on any atom is 0.303 e. The fourth-order valence-electron chi connectivity index (χ4n) is 0.328. The van der Waals surface area contributed by atoms with E-state index in [1.54, 1.807) is 0 Å². The summed E-state index contributed by atoms with van der Waals surface area (Å²) >= 11 is 3.54. The van der Waals surface area contributed by atoms with Gasteiger partial charge in [-0.3, -0.25) is 9.59 Å². The maximum atomic E-state index is 9.76. The van der Waals surface area contributed by atoms with Crippen LogP contribution in [-0.2, 0) is 9.59 Å². The Kier molecular flexibility index (Phi) is 11.9. The van der Waals surface area contributed by atoms with Crippen LogP contribution in [0.15, 0.2) is 0 Å². The van der Waals surface area contributed by atoms with Gasteiger partial charge in [0.2, 0.25) is 5.91 Å². The molecule has 12 heavy (non-hydrogen) atoms. The van der Waals surface area contributed by atoms with Crippen molar-refractivity contribution in [2.75, 3.05) is 5.75 Å². The first-order chi connectivity index (χ1) is 5.54. The van der Waals surface area contributed by atoms with Gasteiger partial charge in [0.1, 0.15) is 0 Å². The minimum absolute atomic E-state index is 0.139. The van der Waals surface area contributed by atoms with Crippen LogP contribution in [0.4, 0.5) is 0 Å². The molecule has 0 saturated heterocycles. The topological polar surface area (TPSA) is 80.4 Å². The molecule has 0 aromatic carbocycles. The van der Waals surface area contributed by atoms with Crippen LogP contribution in [0.3, 0.4) is 0 Å². The van der Waals surface area contributed by atoms with Gasteiger partial charge in [0, 0.05) is 6.42 Å². The Balaban J connectivity index is 0. The highest BCUT2D eigenvalue weighted by atomic mass is 32.1. The molecule has 0 spiro atoms. The highest BCUT2D eigenvalue weighted by Gasteiger charge is 1.90. The number of nitrogens with two attached hydrogens (primary N) is 1. The number of hydrogen-bond acceptors (Lipinski definition) is 3. The van der Waals surface area contributed by atoms with Crippen molar-refractivity contribution in [1.82, 2.24) is 0 Å². The van der Waals surface area contributed by atoms with E-state index in [4.69, 9.17) is 5.11 Å². The van der Waals surface area contributed by atoms with Gasteiger partial charge in [-0.25, -0.2) is 0 Å². The van der Waals surface area contributed by atoms with Gasteiger partial charge in [0.15, 0.2) is 0 Å². The molecule has 0 aromatic heterocycles. The van der Waals surface area contributed by atoms with E-state index in [9.17, 15) is 9.59 Å². The quantitative estimate of drug-likeness (QED) is 0.574. The second kappa shape index (κ2) is 10.3. The summed E-state index contributed by atoms with van der Waals surface area (Å²) in [7, 11) is 0. The minimum atomic E-state index is -0.693. The average molecular weight is 193 g/mol. The third-order valence-corrected chi connectivity index (χ3v) is 1.21. The molecular weight excluding hydrogens is 178 g/mol. The first-order valence-corrected chi connectivity index (χ1v) is 4.28. The summed E-state index contributed by atoms with van der Waals surface area (Å²) in [4.78, 5) is 19.3. The molecule has 3 N–H and O–H groups in total. The minimum Gasteiger partial charge on any atom is -0.481 e. The number of carbonyl (C=O) groups excluding carboxylic acids is 1. The molecule has 5 heteroatoms. The molecule has 0 radical (unpaired) electrons. The van der Waals surface area contributed by atoms with E-state index >= 15 is 0 Å². The van der Waals surface area contributed by atoms with Crippen LogP contribution in [0.2, 0.25) is 0 Å². The molecule has 0 aliphatic heterocycles. The zero-order valence-electron chi connectivity index (χ0n) is 7.12. The molecule has 0 bridgehead atoms. The summed E-state index contributed by atoms with van der Waals surface area (Å²) in [5.74, 6) is -0.935. The second-order valence-corrected chi connectivity index (χ2v) is 2.44. The van der Waals surface area contributed by atoms with Crippen LogP contribution in [0, 0.1) is 0 Å². The molecule has 0 saturated carbocycles.